The number of rotatable bonds is 8. The normalized spacial score (nSPS) is 22.6. The molecule has 1 N–H and O–H groups in total. The van der Waals surface area contributed by atoms with Gasteiger partial charge in [0.25, 0.3) is 0 Å². The van der Waals surface area contributed by atoms with Gasteiger partial charge in [0.15, 0.2) is 0 Å². The van der Waals surface area contributed by atoms with Crippen LogP contribution in [0.3, 0.4) is 0 Å². The first-order valence-electron chi connectivity index (χ1n) is 16.5. The van der Waals surface area contributed by atoms with Crippen molar-refractivity contribution < 1.29 is 9.84 Å². The monoisotopic (exact) mass is 604 g/mol. The van der Waals surface area contributed by atoms with Gasteiger partial charge in [-0.2, -0.15) is 0 Å². The van der Waals surface area contributed by atoms with Crippen LogP contribution in [0.25, 0.3) is 10.9 Å². The molecule has 4 aromatic rings. The van der Waals surface area contributed by atoms with Gasteiger partial charge >= 0.3 is 0 Å². The molecule has 4 aliphatic rings. The minimum absolute atomic E-state index is 0.178. The molecule has 2 bridgehead atoms. The third-order valence-corrected chi connectivity index (χ3v) is 10.0. The van der Waals surface area contributed by atoms with Crippen LogP contribution in [0.2, 0.25) is 0 Å². The van der Waals surface area contributed by atoms with Crippen LogP contribution >= 0.6 is 0 Å². The lowest BCUT2D eigenvalue weighted by Gasteiger charge is -2.50. The van der Waals surface area contributed by atoms with Crippen molar-refractivity contribution in [3.63, 3.8) is 0 Å². The Morgan fingerprint density at radius 1 is 1.02 bits per heavy atom. The van der Waals surface area contributed by atoms with Gasteiger partial charge in [-0.15, -0.1) is 6.58 Å². The van der Waals surface area contributed by atoms with E-state index in [0.29, 0.717) is 11.8 Å². The third-order valence-electron chi connectivity index (χ3n) is 10.0. The van der Waals surface area contributed by atoms with Crippen LogP contribution < -0.4 is 9.64 Å². The molecule has 4 aliphatic heterocycles. The van der Waals surface area contributed by atoms with Crippen LogP contribution in [0.15, 0.2) is 91.6 Å². The molecule has 3 fully saturated rings. The van der Waals surface area contributed by atoms with Crippen LogP contribution in [0.4, 0.5) is 11.4 Å². The van der Waals surface area contributed by atoms with Crippen molar-refractivity contribution in [2.24, 2.45) is 11.8 Å². The minimum Gasteiger partial charge on any atom is -0.497 e. The van der Waals surface area contributed by atoms with E-state index in [1.165, 1.54) is 35.3 Å². The molecule has 8 rings (SSSR count). The molecule has 3 aromatic carbocycles. The Hall–Kier alpha value is -3.71. The Morgan fingerprint density at radius 3 is 2.36 bits per heavy atom. The number of aromatic nitrogens is 1. The van der Waals surface area contributed by atoms with E-state index in [2.05, 4.69) is 95.0 Å². The van der Waals surface area contributed by atoms with Gasteiger partial charge in [-0.05, 0) is 124 Å². The number of aliphatic hydroxyl groups is 1. The Labute approximate surface area is 269 Å². The molecule has 0 radical (unpaired) electrons. The molecule has 0 aliphatic carbocycles. The maximum atomic E-state index is 11.2. The number of anilines is 2. The highest BCUT2D eigenvalue weighted by atomic mass is 16.5. The zero-order valence-corrected chi connectivity index (χ0v) is 27.1. The molecule has 5 atom stereocenters. The first kappa shape index (κ1) is 31.3. The van der Waals surface area contributed by atoms with Gasteiger partial charge in [0.05, 0.1) is 18.7 Å². The van der Waals surface area contributed by atoms with Gasteiger partial charge in [0.1, 0.15) is 5.75 Å². The molecule has 0 amide bonds. The van der Waals surface area contributed by atoms with Crippen molar-refractivity contribution in [3.05, 3.63) is 108 Å². The highest BCUT2D eigenvalue weighted by Gasteiger charge is 2.42. The van der Waals surface area contributed by atoms with Crippen molar-refractivity contribution in [2.75, 3.05) is 52.3 Å². The summed E-state index contributed by atoms with van der Waals surface area (Å²) in [7, 11) is 5.95. The Bertz CT molecular complexity index is 1560. The maximum absolute atomic E-state index is 11.2. The van der Waals surface area contributed by atoms with E-state index in [4.69, 9.17) is 4.74 Å². The predicted molar refractivity (Wildman–Crippen MR) is 185 cm³/mol. The number of piperidine rings is 3. The van der Waals surface area contributed by atoms with Crippen LogP contribution in [-0.2, 0) is 12.8 Å². The van der Waals surface area contributed by atoms with Gasteiger partial charge < -0.3 is 19.6 Å². The van der Waals surface area contributed by atoms with Crippen molar-refractivity contribution in [3.8, 4) is 5.75 Å². The third kappa shape index (κ3) is 6.79. The van der Waals surface area contributed by atoms with Crippen LogP contribution in [0.5, 0.6) is 5.75 Å². The summed E-state index contributed by atoms with van der Waals surface area (Å²) in [6.07, 6.45) is 9.07. The van der Waals surface area contributed by atoms with E-state index in [9.17, 15) is 5.11 Å². The van der Waals surface area contributed by atoms with E-state index < -0.39 is 6.10 Å². The molecule has 0 saturated carbocycles. The number of aryl methyl sites for hydroxylation is 2. The summed E-state index contributed by atoms with van der Waals surface area (Å²) in [4.78, 5) is 11.6. The van der Waals surface area contributed by atoms with E-state index in [1.54, 1.807) is 13.3 Å². The maximum Gasteiger partial charge on any atom is 0.119 e. The molecular weight excluding hydrogens is 556 g/mol. The number of para-hydroxylation sites is 2. The number of pyridine rings is 1. The average molecular weight is 605 g/mol. The Balaban J connectivity index is 0.000000160. The fourth-order valence-corrected chi connectivity index (χ4v) is 7.60. The van der Waals surface area contributed by atoms with Crippen molar-refractivity contribution in [2.45, 2.75) is 44.2 Å². The minimum atomic E-state index is -0.504. The molecule has 6 heteroatoms. The number of aliphatic hydroxyl groups excluding tert-OH is 1. The van der Waals surface area contributed by atoms with Crippen LogP contribution in [-0.4, -0.2) is 73.3 Å². The fraction of sp³-hybridized carbons (Fsp3) is 0.410. The SMILES string of the molecule is C=C[C@H]1CN2CC[C@H]1C[C@@H]2[C@@H](O)c1ccnc2ccc(OC)cc12.CN(C)CCCN1c2ccccc2CCc2ccccc21. The lowest BCUT2D eigenvalue weighted by molar-refractivity contribution is -0.0444. The lowest BCUT2D eigenvalue weighted by atomic mass is 9.73. The number of hydrogen-bond donors (Lipinski definition) is 1. The summed E-state index contributed by atoms with van der Waals surface area (Å²) in [5.41, 5.74) is 7.57. The first-order chi connectivity index (χ1) is 22.0. The quantitative estimate of drug-likeness (QED) is 0.218. The molecule has 3 saturated heterocycles. The van der Waals surface area contributed by atoms with E-state index in [-0.39, 0.29) is 6.04 Å². The zero-order chi connectivity index (χ0) is 31.3. The van der Waals surface area contributed by atoms with Crippen LogP contribution in [0, 0.1) is 11.8 Å². The van der Waals surface area contributed by atoms with Gasteiger partial charge in [0.2, 0.25) is 0 Å². The van der Waals surface area contributed by atoms with Gasteiger partial charge in [-0.25, -0.2) is 0 Å². The molecule has 1 aromatic heterocycles. The fourth-order valence-electron chi connectivity index (χ4n) is 7.60. The number of fused-ring (bicyclic) bond motifs is 6. The molecule has 6 nitrogen and oxygen atoms in total. The van der Waals surface area contributed by atoms with Crippen molar-refractivity contribution in [1.82, 2.24) is 14.8 Å². The van der Waals surface area contributed by atoms with Crippen molar-refractivity contribution >= 4 is 22.3 Å². The number of hydrogen-bond acceptors (Lipinski definition) is 6. The summed E-state index contributed by atoms with van der Waals surface area (Å²) < 4.78 is 5.35. The average Bonchev–Trinajstić information content (AvgIpc) is 3.24. The topological polar surface area (TPSA) is 52.1 Å². The number of methoxy groups -OCH3 is 1. The molecule has 0 spiro atoms. The van der Waals surface area contributed by atoms with E-state index in [1.807, 2.05) is 24.3 Å². The lowest BCUT2D eigenvalue weighted by Crippen LogP contribution is -2.54. The second-order valence-corrected chi connectivity index (χ2v) is 13.0. The molecule has 236 valence electrons. The van der Waals surface area contributed by atoms with E-state index in [0.717, 1.165) is 67.7 Å². The second-order valence-electron chi connectivity index (χ2n) is 13.0. The van der Waals surface area contributed by atoms with Crippen molar-refractivity contribution in [1.29, 1.82) is 0 Å². The summed E-state index contributed by atoms with van der Waals surface area (Å²) >= 11 is 0. The van der Waals surface area contributed by atoms with Gasteiger partial charge in [-0.1, -0.05) is 42.5 Å². The molecule has 1 unspecified atom stereocenters. The predicted octanol–water partition coefficient (Wildman–Crippen LogP) is 7.05. The zero-order valence-electron chi connectivity index (χ0n) is 27.1. The smallest absolute Gasteiger partial charge is 0.119 e. The molecular formula is C39H48N4O2. The second kappa shape index (κ2) is 14.2. The highest BCUT2D eigenvalue weighted by molar-refractivity contribution is 5.84. The summed E-state index contributed by atoms with van der Waals surface area (Å²) in [5.74, 6) is 2.01. The largest absolute Gasteiger partial charge is 0.497 e. The Morgan fingerprint density at radius 2 is 1.73 bits per heavy atom. The first-order valence-corrected chi connectivity index (χ1v) is 16.5. The summed E-state index contributed by atoms with van der Waals surface area (Å²) in [6.45, 7) is 8.27. The van der Waals surface area contributed by atoms with Gasteiger partial charge in [-0.3, -0.25) is 9.88 Å². The molecule has 45 heavy (non-hydrogen) atoms. The highest BCUT2D eigenvalue weighted by Crippen LogP contribution is 2.42. The van der Waals surface area contributed by atoms with Gasteiger partial charge in [0, 0.05) is 42.1 Å². The summed E-state index contributed by atoms with van der Waals surface area (Å²) in [6, 6.07) is 25.7. The number of benzene rings is 3. The van der Waals surface area contributed by atoms with E-state index >= 15 is 0 Å². The number of nitrogens with zero attached hydrogens (tertiary/aromatic N) is 4. The van der Waals surface area contributed by atoms with Crippen LogP contribution in [0.1, 0.15) is 42.1 Å². The summed E-state index contributed by atoms with van der Waals surface area (Å²) in [5, 5.41) is 12.1. The standard InChI is InChI=1S/C20H24N2O2.C19H24N2/c1-3-13-12-22-9-7-14(13)10-19(22)20(23)16-6-8-21-18-5-4-15(24-2)11-17(16)18;1-20(2)14-7-15-21-18-10-5-3-8-16(18)12-13-17-9-4-6-11-19(17)21/h3-6,8,11,13-14,19-20,23H,1,7,9-10,12H2,2H3;3-6,8-11H,7,12-15H2,1-2H3/t13-,14-,19+,20-;/m0./s1. The molecule has 5 heterocycles. The Kier molecular flexibility index (Phi) is 9.84. The number of ether oxygens (including phenoxy) is 1.